The number of halogens is 5. The lowest BCUT2D eigenvalue weighted by Gasteiger charge is -2.33. The third-order valence-electron chi connectivity index (χ3n) is 5.72. The van der Waals surface area contributed by atoms with Crippen molar-refractivity contribution in [3.05, 3.63) is 116 Å². The van der Waals surface area contributed by atoms with Crippen molar-refractivity contribution in [2.24, 2.45) is 0 Å². The van der Waals surface area contributed by atoms with Crippen molar-refractivity contribution in [3.63, 3.8) is 0 Å². The Hall–Kier alpha value is -3.72. The van der Waals surface area contributed by atoms with Crippen molar-refractivity contribution in [1.29, 1.82) is 5.26 Å². The van der Waals surface area contributed by atoms with Gasteiger partial charge >= 0.3 is 6.18 Å². The van der Waals surface area contributed by atoms with Crippen LogP contribution in [-0.4, -0.2) is 23.1 Å². The quantitative estimate of drug-likeness (QED) is 0.229. The molecule has 3 N–H and O–H groups in total. The first-order chi connectivity index (χ1) is 18.3. The van der Waals surface area contributed by atoms with Gasteiger partial charge in [-0.3, -0.25) is 9.59 Å². The fraction of sp³-hybridized carbons (Fsp3) is 0.107. The molecule has 1 atom stereocenters. The summed E-state index contributed by atoms with van der Waals surface area (Å²) in [5.41, 5.74) is -2.96. The lowest BCUT2D eigenvalue weighted by atomic mass is 9.85. The molecule has 3 rings (SSSR count). The molecule has 0 heterocycles. The Morgan fingerprint density at radius 2 is 1.56 bits per heavy atom. The fourth-order valence-electron chi connectivity index (χ4n) is 3.69. The summed E-state index contributed by atoms with van der Waals surface area (Å²) in [6, 6.07) is 16.2. The molecule has 200 valence electrons. The maximum atomic E-state index is 14.0. The van der Waals surface area contributed by atoms with E-state index in [1.807, 2.05) is 6.07 Å². The van der Waals surface area contributed by atoms with Gasteiger partial charge in [-0.1, -0.05) is 24.8 Å². The highest BCUT2D eigenvalue weighted by Crippen LogP contribution is 2.47. The van der Waals surface area contributed by atoms with Crippen LogP contribution in [0, 0.1) is 11.3 Å². The molecule has 11 heteroatoms. The van der Waals surface area contributed by atoms with Crippen LogP contribution < -0.4 is 10.6 Å². The number of alkyl halides is 3. The number of aliphatic hydroxyl groups is 1. The third kappa shape index (κ3) is 6.30. The van der Waals surface area contributed by atoms with Gasteiger partial charge in [0, 0.05) is 25.8 Å². The zero-order valence-corrected chi connectivity index (χ0v) is 23.4. The summed E-state index contributed by atoms with van der Waals surface area (Å²) in [7, 11) is 0. The van der Waals surface area contributed by atoms with Crippen LogP contribution in [0.25, 0.3) is 0 Å². The predicted molar refractivity (Wildman–Crippen MR) is 149 cm³/mol. The molecule has 0 bridgehead atoms. The second kappa shape index (κ2) is 12.0. The first-order valence-corrected chi connectivity index (χ1v) is 12.7. The predicted octanol–water partition coefficient (Wildman–Crippen LogP) is 7.47. The summed E-state index contributed by atoms with van der Waals surface area (Å²) in [5.74, 6) is -1.06. The van der Waals surface area contributed by atoms with E-state index in [0.29, 0.717) is 16.8 Å². The molecular weight excluding hydrogens is 643 g/mol. The van der Waals surface area contributed by atoms with E-state index >= 15 is 0 Å². The summed E-state index contributed by atoms with van der Waals surface area (Å²) in [5, 5.41) is 24.9. The molecule has 0 spiro atoms. The molecule has 0 saturated heterocycles. The van der Waals surface area contributed by atoms with Crippen molar-refractivity contribution in [2.75, 3.05) is 10.6 Å². The minimum Gasteiger partial charge on any atom is -0.372 e. The molecule has 3 aromatic carbocycles. The lowest BCUT2D eigenvalue weighted by molar-refractivity contribution is -0.248. The van der Waals surface area contributed by atoms with Gasteiger partial charge in [0.25, 0.3) is 11.8 Å². The van der Waals surface area contributed by atoms with Gasteiger partial charge < -0.3 is 15.7 Å². The molecule has 0 fully saturated rings. The van der Waals surface area contributed by atoms with Gasteiger partial charge in [-0.25, -0.2) is 0 Å². The van der Waals surface area contributed by atoms with E-state index in [0.717, 1.165) is 24.3 Å². The molecule has 0 radical (unpaired) electrons. The number of nitrogens with zero attached hydrogens (tertiary/aromatic N) is 1. The highest BCUT2D eigenvalue weighted by atomic mass is 79.9. The number of amides is 2. The smallest absolute Gasteiger partial charge is 0.372 e. The van der Waals surface area contributed by atoms with E-state index in [1.165, 1.54) is 43.3 Å². The molecular formula is C28H20Br2F3N3O3. The van der Waals surface area contributed by atoms with Crippen molar-refractivity contribution in [3.8, 4) is 6.07 Å². The fourth-order valence-corrected chi connectivity index (χ4v) is 5.08. The first kappa shape index (κ1) is 29.8. The Bertz CT molecular complexity index is 1490. The molecule has 2 amide bonds. The van der Waals surface area contributed by atoms with Crippen LogP contribution in [0.3, 0.4) is 0 Å². The first-order valence-electron chi connectivity index (χ1n) is 11.2. The van der Waals surface area contributed by atoms with Crippen LogP contribution >= 0.6 is 31.9 Å². The van der Waals surface area contributed by atoms with Crippen LogP contribution in [0.5, 0.6) is 0 Å². The molecule has 6 nitrogen and oxygen atoms in total. The largest absolute Gasteiger partial charge is 0.425 e. The zero-order valence-electron chi connectivity index (χ0n) is 20.2. The Morgan fingerprint density at radius 1 is 0.974 bits per heavy atom. The van der Waals surface area contributed by atoms with E-state index in [1.54, 1.807) is 12.1 Å². The van der Waals surface area contributed by atoms with E-state index < -0.39 is 34.7 Å². The number of anilines is 2. The summed E-state index contributed by atoms with van der Waals surface area (Å²) in [4.78, 5) is 25.5. The van der Waals surface area contributed by atoms with Crippen molar-refractivity contribution in [2.45, 2.75) is 18.7 Å². The lowest BCUT2D eigenvalue weighted by Crippen LogP contribution is -2.43. The minimum atomic E-state index is -5.06. The number of hydrogen-bond acceptors (Lipinski definition) is 4. The number of nitriles is 1. The molecule has 0 aliphatic carbocycles. The SMILES string of the molecule is C=C/C(=C\C)C(O)(c1cc(Br)c(NC(=O)c2cccc(NC(=O)c3ccc(C#N)cc3)c2)c(Br)c1)C(F)(F)F. The van der Waals surface area contributed by atoms with Crippen LogP contribution in [0.4, 0.5) is 24.5 Å². The number of carbonyl (C=O) groups is 2. The van der Waals surface area contributed by atoms with Crippen LogP contribution in [-0.2, 0) is 5.60 Å². The molecule has 0 aliphatic rings. The molecule has 0 aromatic heterocycles. The van der Waals surface area contributed by atoms with Crippen LogP contribution in [0.2, 0.25) is 0 Å². The van der Waals surface area contributed by atoms with Gasteiger partial charge in [0.2, 0.25) is 5.60 Å². The second-order valence-electron chi connectivity index (χ2n) is 8.15. The Kier molecular flexibility index (Phi) is 9.17. The number of allylic oxidation sites excluding steroid dienone is 1. The molecule has 0 saturated carbocycles. The van der Waals surface area contributed by atoms with Gasteiger partial charge in [0.1, 0.15) is 0 Å². The Balaban J connectivity index is 1.86. The van der Waals surface area contributed by atoms with Crippen molar-refractivity contribution in [1.82, 2.24) is 0 Å². The van der Waals surface area contributed by atoms with Crippen molar-refractivity contribution < 1.29 is 27.9 Å². The number of carbonyl (C=O) groups excluding carboxylic acids is 2. The highest BCUT2D eigenvalue weighted by molar-refractivity contribution is 9.11. The standard InChI is InChI=1S/C28H20Br2F3N3O3/c1-3-19(4-2)27(39,28(31,32)33)20-13-22(29)24(23(30)14-20)36-26(38)18-6-5-7-21(12-18)35-25(37)17-10-8-16(15-34)9-11-17/h3-14,39H,1H2,2H3,(H,35,37)(H,36,38)/b19-4+. The molecule has 3 aromatic rings. The van der Waals surface area contributed by atoms with Crippen molar-refractivity contribution >= 4 is 55.0 Å². The summed E-state index contributed by atoms with van der Waals surface area (Å²) in [6.45, 7) is 4.73. The number of benzene rings is 3. The monoisotopic (exact) mass is 661 g/mol. The summed E-state index contributed by atoms with van der Waals surface area (Å²) in [6.07, 6.45) is -3.02. The van der Waals surface area contributed by atoms with E-state index in [4.69, 9.17) is 5.26 Å². The maximum Gasteiger partial charge on any atom is 0.425 e. The van der Waals surface area contributed by atoms with E-state index in [9.17, 15) is 27.9 Å². The van der Waals surface area contributed by atoms with Gasteiger partial charge in [-0.05, 0) is 105 Å². The second-order valence-corrected chi connectivity index (χ2v) is 9.86. The zero-order chi connectivity index (χ0) is 29.0. The van der Waals surface area contributed by atoms with Crippen LogP contribution in [0.15, 0.2) is 93.9 Å². The number of rotatable bonds is 7. The van der Waals surface area contributed by atoms with Gasteiger partial charge in [0.05, 0.1) is 17.3 Å². The maximum absolute atomic E-state index is 14.0. The number of nitrogens with one attached hydrogen (secondary N) is 2. The molecule has 1 unspecified atom stereocenters. The average molecular weight is 663 g/mol. The molecule has 0 aliphatic heterocycles. The summed E-state index contributed by atoms with van der Waals surface area (Å²) >= 11 is 6.38. The van der Waals surface area contributed by atoms with E-state index in [-0.39, 0.29) is 20.2 Å². The topological polar surface area (TPSA) is 102 Å². The van der Waals surface area contributed by atoms with Gasteiger partial charge in [0.15, 0.2) is 0 Å². The van der Waals surface area contributed by atoms with Gasteiger partial charge in [-0.2, -0.15) is 18.4 Å². The third-order valence-corrected chi connectivity index (χ3v) is 6.97. The Morgan fingerprint density at radius 3 is 2.08 bits per heavy atom. The number of hydrogen-bond donors (Lipinski definition) is 3. The minimum absolute atomic E-state index is 0.0766. The van der Waals surface area contributed by atoms with Crippen LogP contribution in [0.1, 0.15) is 38.8 Å². The summed E-state index contributed by atoms with van der Waals surface area (Å²) < 4.78 is 42.1. The highest BCUT2D eigenvalue weighted by Gasteiger charge is 2.56. The van der Waals surface area contributed by atoms with Gasteiger partial charge in [-0.15, -0.1) is 0 Å². The molecule has 39 heavy (non-hydrogen) atoms. The average Bonchev–Trinajstić information content (AvgIpc) is 2.90. The normalized spacial score (nSPS) is 13.1. The van der Waals surface area contributed by atoms with E-state index in [2.05, 4.69) is 49.1 Å². The Labute approximate surface area is 239 Å².